The molecule has 0 aliphatic rings. The number of para-hydroxylation sites is 1. The van der Waals surface area contributed by atoms with E-state index in [9.17, 15) is 10.1 Å². The fraction of sp³-hybridized carbons (Fsp3) is 0.0667. The molecule has 110 valence electrons. The van der Waals surface area contributed by atoms with E-state index in [1.54, 1.807) is 18.2 Å². The van der Waals surface area contributed by atoms with Gasteiger partial charge < -0.3 is 4.52 Å². The van der Waals surface area contributed by atoms with Gasteiger partial charge in [-0.2, -0.15) is 4.98 Å². The Morgan fingerprint density at radius 2 is 1.86 bits per heavy atom. The van der Waals surface area contributed by atoms with Crippen LogP contribution in [0.25, 0.3) is 11.4 Å². The molecule has 0 amide bonds. The van der Waals surface area contributed by atoms with Crippen molar-refractivity contribution in [2.75, 3.05) is 0 Å². The first-order chi connectivity index (χ1) is 10.6. The molecule has 1 aromatic heterocycles. The predicted molar refractivity (Wildman–Crippen MR) is 83.3 cm³/mol. The lowest BCUT2D eigenvalue weighted by molar-refractivity contribution is -0.385. The smallest absolute Gasteiger partial charge is 0.273 e. The molecule has 3 rings (SSSR count). The molecule has 3 aromatic rings. The van der Waals surface area contributed by atoms with Gasteiger partial charge in [0.2, 0.25) is 11.7 Å². The van der Waals surface area contributed by atoms with Crippen molar-refractivity contribution in [3.8, 4) is 11.4 Å². The Bertz CT molecular complexity index is 815. The minimum atomic E-state index is -0.415. The van der Waals surface area contributed by atoms with Gasteiger partial charge in [-0.3, -0.25) is 10.1 Å². The second kappa shape index (κ2) is 6.07. The largest absolute Gasteiger partial charge is 0.339 e. The number of nitro groups is 1. The fourth-order valence-electron chi connectivity index (χ4n) is 2.04. The van der Waals surface area contributed by atoms with E-state index in [1.807, 2.05) is 24.3 Å². The molecule has 2 aromatic carbocycles. The molecular weight excluding hydrogens is 350 g/mol. The number of nitrogens with zero attached hydrogens (tertiary/aromatic N) is 3. The van der Waals surface area contributed by atoms with Crippen LogP contribution in [0.1, 0.15) is 11.5 Å². The van der Waals surface area contributed by atoms with Gasteiger partial charge in [-0.15, -0.1) is 0 Å². The Morgan fingerprint density at radius 1 is 1.14 bits per heavy atom. The number of rotatable bonds is 4. The first-order valence-electron chi connectivity index (χ1n) is 6.44. The van der Waals surface area contributed by atoms with Crippen molar-refractivity contribution in [1.29, 1.82) is 0 Å². The molecule has 0 spiro atoms. The third kappa shape index (κ3) is 3.04. The van der Waals surface area contributed by atoms with Crippen molar-refractivity contribution in [3.05, 3.63) is 74.6 Å². The summed E-state index contributed by atoms with van der Waals surface area (Å²) in [6.07, 6.45) is 0.223. The van der Waals surface area contributed by atoms with Crippen LogP contribution in [0.2, 0.25) is 0 Å². The van der Waals surface area contributed by atoms with Gasteiger partial charge in [0, 0.05) is 21.7 Å². The van der Waals surface area contributed by atoms with Crippen molar-refractivity contribution in [1.82, 2.24) is 10.1 Å². The molecule has 6 nitrogen and oxygen atoms in total. The van der Waals surface area contributed by atoms with Crippen molar-refractivity contribution in [2.24, 2.45) is 0 Å². The van der Waals surface area contributed by atoms with Crippen LogP contribution in [0.3, 0.4) is 0 Å². The van der Waals surface area contributed by atoms with Gasteiger partial charge in [0.25, 0.3) is 5.69 Å². The lowest BCUT2D eigenvalue weighted by Crippen LogP contribution is -1.96. The van der Waals surface area contributed by atoms with E-state index in [1.165, 1.54) is 6.07 Å². The van der Waals surface area contributed by atoms with Gasteiger partial charge in [-0.25, -0.2) is 0 Å². The first kappa shape index (κ1) is 14.4. The topological polar surface area (TPSA) is 82.1 Å². The molecule has 0 N–H and O–H groups in total. The van der Waals surface area contributed by atoms with Gasteiger partial charge in [-0.1, -0.05) is 39.3 Å². The van der Waals surface area contributed by atoms with E-state index >= 15 is 0 Å². The lowest BCUT2D eigenvalue weighted by atomic mass is 10.1. The summed E-state index contributed by atoms with van der Waals surface area (Å²) >= 11 is 3.36. The standard InChI is InChI=1S/C15H10BrN3O3/c16-12-7-5-10(6-8-12)15-17-14(22-18-15)9-11-3-1-2-4-13(11)19(20)21/h1-8H,9H2. The number of aromatic nitrogens is 2. The zero-order chi connectivity index (χ0) is 15.5. The number of halogens is 1. The predicted octanol–water partition coefficient (Wildman–Crippen LogP) is 4.00. The van der Waals surface area contributed by atoms with E-state index in [0.717, 1.165) is 10.0 Å². The third-order valence-electron chi connectivity index (χ3n) is 3.10. The minimum absolute atomic E-state index is 0.0471. The first-order valence-corrected chi connectivity index (χ1v) is 7.23. The van der Waals surface area contributed by atoms with Crippen LogP contribution in [-0.4, -0.2) is 15.1 Å². The SMILES string of the molecule is O=[N+]([O-])c1ccccc1Cc1nc(-c2ccc(Br)cc2)no1. The number of nitro benzene ring substituents is 1. The number of benzene rings is 2. The maximum atomic E-state index is 11.0. The quantitative estimate of drug-likeness (QED) is 0.519. The summed E-state index contributed by atoms with van der Waals surface area (Å²) in [5, 5.41) is 14.9. The molecule has 0 unspecified atom stereocenters. The van der Waals surface area contributed by atoms with Crippen LogP contribution in [-0.2, 0) is 6.42 Å². The normalized spacial score (nSPS) is 10.6. The highest BCUT2D eigenvalue weighted by Crippen LogP contribution is 2.23. The van der Waals surface area contributed by atoms with Gasteiger partial charge in [0.1, 0.15) is 0 Å². The molecule has 0 saturated carbocycles. The van der Waals surface area contributed by atoms with Crippen LogP contribution in [0.4, 0.5) is 5.69 Å². The van der Waals surface area contributed by atoms with Crippen LogP contribution in [0.5, 0.6) is 0 Å². The zero-order valence-electron chi connectivity index (χ0n) is 11.3. The van der Waals surface area contributed by atoms with E-state index in [4.69, 9.17) is 4.52 Å². The van der Waals surface area contributed by atoms with Crippen molar-refractivity contribution >= 4 is 21.6 Å². The molecule has 1 heterocycles. The van der Waals surface area contributed by atoms with E-state index in [0.29, 0.717) is 17.3 Å². The lowest BCUT2D eigenvalue weighted by Gasteiger charge is -1.98. The summed E-state index contributed by atoms with van der Waals surface area (Å²) in [5.74, 6) is 0.799. The average Bonchev–Trinajstić information content (AvgIpc) is 2.97. The molecule has 0 fully saturated rings. The van der Waals surface area contributed by atoms with Crippen LogP contribution in [0, 0.1) is 10.1 Å². The van der Waals surface area contributed by atoms with Crippen LogP contribution in [0.15, 0.2) is 57.5 Å². The van der Waals surface area contributed by atoms with Gasteiger partial charge >= 0.3 is 0 Å². The number of hydrogen-bond donors (Lipinski definition) is 0. The molecule has 0 bridgehead atoms. The number of hydrogen-bond acceptors (Lipinski definition) is 5. The Hall–Kier alpha value is -2.54. The van der Waals surface area contributed by atoms with Gasteiger partial charge in [0.15, 0.2) is 0 Å². The Kier molecular flexibility index (Phi) is 3.97. The molecule has 0 radical (unpaired) electrons. The van der Waals surface area contributed by atoms with E-state index in [-0.39, 0.29) is 12.1 Å². The average molecular weight is 360 g/mol. The summed E-state index contributed by atoms with van der Waals surface area (Å²) in [4.78, 5) is 14.9. The van der Waals surface area contributed by atoms with E-state index < -0.39 is 4.92 Å². The summed E-state index contributed by atoms with van der Waals surface area (Å²) in [7, 11) is 0. The summed E-state index contributed by atoms with van der Waals surface area (Å²) in [6.45, 7) is 0. The fourth-order valence-corrected chi connectivity index (χ4v) is 2.31. The highest BCUT2D eigenvalue weighted by Gasteiger charge is 2.16. The van der Waals surface area contributed by atoms with Crippen molar-refractivity contribution in [3.63, 3.8) is 0 Å². The van der Waals surface area contributed by atoms with Gasteiger partial charge in [0.05, 0.1) is 11.3 Å². The van der Waals surface area contributed by atoms with E-state index in [2.05, 4.69) is 26.1 Å². The molecule has 7 heteroatoms. The second-order valence-corrected chi connectivity index (χ2v) is 5.50. The third-order valence-corrected chi connectivity index (χ3v) is 3.63. The zero-order valence-corrected chi connectivity index (χ0v) is 12.9. The summed E-state index contributed by atoms with van der Waals surface area (Å²) in [5.41, 5.74) is 1.41. The van der Waals surface area contributed by atoms with Crippen molar-refractivity contribution < 1.29 is 9.45 Å². The maximum Gasteiger partial charge on any atom is 0.273 e. The minimum Gasteiger partial charge on any atom is -0.339 e. The highest BCUT2D eigenvalue weighted by atomic mass is 79.9. The summed E-state index contributed by atoms with van der Waals surface area (Å²) in [6, 6.07) is 14.0. The molecular formula is C15H10BrN3O3. The van der Waals surface area contributed by atoms with Crippen molar-refractivity contribution in [2.45, 2.75) is 6.42 Å². The monoisotopic (exact) mass is 359 g/mol. The Labute approximate surface area is 134 Å². The molecule has 0 aliphatic heterocycles. The second-order valence-electron chi connectivity index (χ2n) is 4.58. The summed E-state index contributed by atoms with van der Waals surface area (Å²) < 4.78 is 6.15. The molecule has 0 atom stereocenters. The highest BCUT2D eigenvalue weighted by molar-refractivity contribution is 9.10. The molecule has 0 aliphatic carbocycles. The van der Waals surface area contributed by atoms with Gasteiger partial charge in [-0.05, 0) is 24.3 Å². The van der Waals surface area contributed by atoms with Crippen LogP contribution < -0.4 is 0 Å². The molecule has 0 saturated heterocycles. The molecule has 22 heavy (non-hydrogen) atoms. The Morgan fingerprint density at radius 3 is 2.59 bits per heavy atom. The van der Waals surface area contributed by atoms with Crippen LogP contribution >= 0.6 is 15.9 Å². The maximum absolute atomic E-state index is 11.0. The Balaban J connectivity index is 1.86.